The van der Waals surface area contributed by atoms with E-state index in [0.29, 0.717) is 17.6 Å². The Hall–Kier alpha value is -1.57. The van der Waals surface area contributed by atoms with Gasteiger partial charge in [0.1, 0.15) is 5.75 Å². The fourth-order valence-electron chi connectivity index (χ4n) is 1.73. The predicted molar refractivity (Wildman–Crippen MR) is 70.3 cm³/mol. The Kier molecular flexibility index (Phi) is 5.47. The second-order valence-electron chi connectivity index (χ2n) is 4.26. The molecule has 1 aromatic rings. The molecule has 0 radical (unpaired) electrons. The standard InChI is InChI=1S/C15H20O2/c1-3-4-5-6-9-12(2)15(17)13-10-7-8-11-14(13)16/h7-8,10-11,16H,2-6,9H2,1H3. The molecule has 1 rings (SSSR count). The van der Waals surface area contributed by atoms with E-state index in [4.69, 9.17) is 0 Å². The molecule has 0 bridgehead atoms. The zero-order valence-electron chi connectivity index (χ0n) is 10.4. The van der Waals surface area contributed by atoms with Gasteiger partial charge in [0.2, 0.25) is 0 Å². The van der Waals surface area contributed by atoms with E-state index in [1.54, 1.807) is 18.2 Å². The van der Waals surface area contributed by atoms with Gasteiger partial charge in [0, 0.05) is 0 Å². The smallest absolute Gasteiger partial charge is 0.192 e. The molecule has 0 aliphatic heterocycles. The number of phenolic OH excluding ortho intramolecular Hbond substituents is 1. The van der Waals surface area contributed by atoms with Crippen LogP contribution in [0.5, 0.6) is 5.75 Å². The Labute approximate surface area is 103 Å². The molecule has 0 amide bonds. The normalized spacial score (nSPS) is 10.2. The Morgan fingerprint density at radius 2 is 1.94 bits per heavy atom. The summed E-state index contributed by atoms with van der Waals surface area (Å²) in [5.74, 6) is -0.105. The molecule has 0 saturated carbocycles. The third kappa shape index (κ3) is 4.06. The molecule has 17 heavy (non-hydrogen) atoms. The highest BCUT2D eigenvalue weighted by molar-refractivity contribution is 6.09. The SMILES string of the molecule is C=C(CCCCCC)C(=O)c1ccccc1O. The van der Waals surface area contributed by atoms with Crippen LogP contribution in [-0.4, -0.2) is 10.9 Å². The number of aromatic hydroxyl groups is 1. The summed E-state index contributed by atoms with van der Waals surface area (Å²) in [4.78, 5) is 12.0. The summed E-state index contributed by atoms with van der Waals surface area (Å²) in [7, 11) is 0. The number of hydrogen-bond acceptors (Lipinski definition) is 2. The summed E-state index contributed by atoms with van der Waals surface area (Å²) in [6.07, 6.45) is 5.21. The average molecular weight is 232 g/mol. The minimum absolute atomic E-state index is 0.0345. The van der Waals surface area contributed by atoms with Crippen LogP contribution in [0.15, 0.2) is 36.4 Å². The van der Waals surface area contributed by atoms with Gasteiger partial charge in [-0.2, -0.15) is 0 Å². The van der Waals surface area contributed by atoms with Gasteiger partial charge in [0.05, 0.1) is 5.56 Å². The zero-order chi connectivity index (χ0) is 12.7. The first-order valence-corrected chi connectivity index (χ1v) is 6.17. The maximum atomic E-state index is 12.0. The van der Waals surface area contributed by atoms with E-state index in [9.17, 15) is 9.90 Å². The summed E-state index contributed by atoms with van der Waals surface area (Å²) in [5, 5.41) is 9.58. The van der Waals surface area contributed by atoms with Gasteiger partial charge >= 0.3 is 0 Å². The highest BCUT2D eigenvalue weighted by Crippen LogP contribution is 2.21. The minimum Gasteiger partial charge on any atom is -0.507 e. The molecule has 0 aliphatic carbocycles. The van der Waals surface area contributed by atoms with E-state index in [1.165, 1.54) is 18.9 Å². The largest absolute Gasteiger partial charge is 0.507 e. The van der Waals surface area contributed by atoms with E-state index in [0.717, 1.165) is 12.8 Å². The van der Waals surface area contributed by atoms with Crippen molar-refractivity contribution in [3.05, 3.63) is 42.0 Å². The van der Waals surface area contributed by atoms with Crippen molar-refractivity contribution in [1.29, 1.82) is 0 Å². The first kappa shape index (κ1) is 13.5. The molecule has 0 atom stereocenters. The van der Waals surface area contributed by atoms with Crippen LogP contribution >= 0.6 is 0 Å². The van der Waals surface area contributed by atoms with Crippen LogP contribution < -0.4 is 0 Å². The molecule has 1 aromatic carbocycles. The summed E-state index contributed by atoms with van der Waals surface area (Å²) in [5.41, 5.74) is 0.940. The molecule has 0 unspecified atom stereocenters. The van der Waals surface area contributed by atoms with Crippen molar-refractivity contribution in [2.75, 3.05) is 0 Å². The van der Waals surface area contributed by atoms with Crippen molar-refractivity contribution in [1.82, 2.24) is 0 Å². The quantitative estimate of drug-likeness (QED) is 0.436. The van der Waals surface area contributed by atoms with Crippen LogP contribution in [0.2, 0.25) is 0 Å². The van der Waals surface area contributed by atoms with E-state index >= 15 is 0 Å². The van der Waals surface area contributed by atoms with Crippen LogP contribution in [-0.2, 0) is 0 Å². The first-order chi connectivity index (χ1) is 8.16. The number of hydrogen-bond donors (Lipinski definition) is 1. The average Bonchev–Trinajstić information content (AvgIpc) is 2.34. The molecule has 2 heteroatoms. The number of unbranched alkanes of at least 4 members (excludes halogenated alkanes) is 3. The van der Waals surface area contributed by atoms with E-state index in [-0.39, 0.29) is 11.5 Å². The van der Waals surface area contributed by atoms with Crippen LogP contribution in [0.3, 0.4) is 0 Å². The van der Waals surface area contributed by atoms with Gasteiger partial charge in [-0.05, 0) is 30.5 Å². The van der Waals surface area contributed by atoms with Gasteiger partial charge < -0.3 is 5.11 Å². The van der Waals surface area contributed by atoms with E-state index in [1.807, 2.05) is 0 Å². The fourth-order valence-corrected chi connectivity index (χ4v) is 1.73. The highest BCUT2D eigenvalue weighted by Gasteiger charge is 2.13. The summed E-state index contributed by atoms with van der Waals surface area (Å²) >= 11 is 0. The lowest BCUT2D eigenvalue weighted by Crippen LogP contribution is -2.02. The number of rotatable bonds is 7. The fraction of sp³-hybridized carbons (Fsp3) is 0.400. The number of phenols is 1. The van der Waals surface area contributed by atoms with Crippen LogP contribution in [0.1, 0.15) is 49.4 Å². The van der Waals surface area contributed by atoms with E-state index in [2.05, 4.69) is 13.5 Å². The Balaban J connectivity index is 2.53. The van der Waals surface area contributed by atoms with Crippen LogP contribution in [0.4, 0.5) is 0 Å². The maximum absolute atomic E-state index is 12.0. The topological polar surface area (TPSA) is 37.3 Å². The van der Waals surface area contributed by atoms with Crippen molar-refractivity contribution in [3.8, 4) is 5.75 Å². The lowest BCUT2D eigenvalue weighted by molar-refractivity contribution is 0.102. The van der Waals surface area contributed by atoms with Crippen LogP contribution in [0.25, 0.3) is 0 Å². The third-order valence-corrected chi connectivity index (χ3v) is 2.80. The van der Waals surface area contributed by atoms with Gasteiger partial charge in [-0.3, -0.25) is 4.79 Å². The molecular weight excluding hydrogens is 212 g/mol. The lowest BCUT2D eigenvalue weighted by Gasteiger charge is -2.06. The van der Waals surface area contributed by atoms with Crippen molar-refractivity contribution in [2.24, 2.45) is 0 Å². The third-order valence-electron chi connectivity index (χ3n) is 2.80. The van der Waals surface area contributed by atoms with Crippen LogP contribution in [0, 0.1) is 0 Å². The van der Waals surface area contributed by atoms with Gasteiger partial charge in [0.15, 0.2) is 5.78 Å². The summed E-state index contributed by atoms with van der Waals surface area (Å²) in [6, 6.07) is 6.61. The molecule has 0 aromatic heterocycles. The molecule has 0 aliphatic rings. The predicted octanol–water partition coefficient (Wildman–Crippen LogP) is 4.10. The maximum Gasteiger partial charge on any atom is 0.192 e. The van der Waals surface area contributed by atoms with E-state index < -0.39 is 0 Å². The van der Waals surface area contributed by atoms with Gasteiger partial charge in [-0.1, -0.05) is 44.9 Å². The minimum atomic E-state index is -0.139. The summed E-state index contributed by atoms with van der Waals surface area (Å²) in [6.45, 7) is 5.96. The lowest BCUT2D eigenvalue weighted by atomic mass is 9.99. The second-order valence-corrected chi connectivity index (χ2v) is 4.26. The van der Waals surface area contributed by atoms with Gasteiger partial charge in [0.25, 0.3) is 0 Å². The Morgan fingerprint density at radius 1 is 1.24 bits per heavy atom. The number of carbonyl (C=O) groups excluding carboxylic acids is 1. The number of Topliss-reactive ketones (excluding diaryl/α,β-unsaturated/α-hetero) is 1. The molecule has 1 N–H and O–H groups in total. The number of para-hydroxylation sites is 1. The van der Waals surface area contributed by atoms with Gasteiger partial charge in [-0.25, -0.2) is 0 Å². The van der Waals surface area contributed by atoms with Crippen molar-refractivity contribution >= 4 is 5.78 Å². The van der Waals surface area contributed by atoms with Crippen molar-refractivity contribution < 1.29 is 9.90 Å². The molecule has 0 spiro atoms. The van der Waals surface area contributed by atoms with Gasteiger partial charge in [-0.15, -0.1) is 0 Å². The van der Waals surface area contributed by atoms with Crippen molar-refractivity contribution in [3.63, 3.8) is 0 Å². The second kappa shape index (κ2) is 6.89. The number of carbonyl (C=O) groups is 1. The Morgan fingerprint density at radius 3 is 2.59 bits per heavy atom. The number of ketones is 1. The first-order valence-electron chi connectivity index (χ1n) is 6.17. The number of allylic oxidation sites excluding steroid dienone is 1. The Bertz CT molecular complexity index is 394. The molecule has 0 fully saturated rings. The molecule has 0 heterocycles. The molecule has 0 saturated heterocycles. The monoisotopic (exact) mass is 232 g/mol. The highest BCUT2D eigenvalue weighted by atomic mass is 16.3. The zero-order valence-corrected chi connectivity index (χ0v) is 10.4. The summed E-state index contributed by atoms with van der Waals surface area (Å²) < 4.78 is 0. The molecule has 2 nitrogen and oxygen atoms in total. The number of benzene rings is 1. The molecule has 92 valence electrons. The van der Waals surface area contributed by atoms with Crippen molar-refractivity contribution in [2.45, 2.75) is 39.0 Å². The molecular formula is C15H20O2.